The number of aryl methyl sites for hydroxylation is 1. The zero-order valence-electron chi connectivity index (χ0n) is 11.0. The van der Waals surface area contributed by atoms with Gasteiger partial charge in [0.2, 0.25) is 0 Å². The van der Waals surface area contributed by atoms with Crippen LogP contribution in [0.25, 0.3) is 0 Å². The van der Waals surface area contributed by atoms with E-state index in [1.54, 1.807) is 0 Å². The molecule has 0 atom stereocenters. The normalized spacial score (nSPS) is 15.8. The van der Waals surface area contributed by atoms with Crippen molar-refractivity contribution in [1.29, 1.82) is 0 Å². The fourth-order valence-electron chi connectivity index (χ4n) is 2.63. The van der Waals surface area contributed by atoms with E-state index in [4.69, 9.17) is 0 Å². The maximum Gasteiger partial charge on any atom is 0.435 e. The van der Waals surface area contributed by atoms with Crippen LogP contribution in [0.2, 0.25) is 0 Å². The van der Waals surface area contributed by atoms with Crippen LogP contribution in [0.1, 0.15) is 49.1 Å². The van der Waals surface area contributed by atoms with Gasteiger partial charge in [-0.3, -0.25) is 4.68 Å². The molecule has 0 aromatic carbocycles. The summed E-state index contributed by atoms with van der Waals surface area (Å²) in [6.45, 7) is 0.187. The number of carbonyl (C=O) groups excluding carboxylic acids is 1. The average Bonchev–Trinajstić information content (AvgIpc) is 2.54. The molecule has 0 saturated carbocycles. The quantitative estimate of drug-likeness (QED) is 0.793. The highest BCUT2D eigenvalue weighted by atomic mass is 19.4. The Kier molecular flexibility index (Phi) is 4.35. The largest absolute Gasteiger partial charge is 0.550 e. The maximum atomic E-state index is 13.0. The lowest BCUT2D eigenvalue weighted by Gasteiger charge is -2.07. The van der Waals surface area contributed by atoms with Crippen molar-refractivity contribution in [3.8, 4) is 0 Å². The van der Waals surface area contributed by atoms with Crippen LogP contribution in [-0.4, -0.2) is 15.7 Å². The molecule has 1 aromatic heterocycles. The summed E-state index contributed by atoms with van der Waals surface area (Å²) >= 11 is 0. The van der Waals surface area contributed by atoms with Gasteiger partial charge in [0, 0.05) is 23.8 Å². The first-order chi connectivity index (χ1) is 9.39. The zero-order chi connectivity index (χ0) is 14.8. The minimum Gasteiger partial charge on any atom is -0.550 e. The molecule has 4 nitrogen and oxygen atoms in total. The SMILES string of the molecule is O=C([O-])CCCn1nc(C(F)(F)F)c2c1CCCCC2. The van der Waals surface area contributed by atoms with Gasteiger partial charge in [-0.05, 0) is 38.5 Å². The van der Waals surface area contributed by atoms with E-state index in [1.807, 2.05) is 0 Å². The summed E-state index contributed by atoms with van der Waals surface area (Å²) in [5.74, 6) is -1.20. The lowest BCUT2D eigenvalue weighted by atomic mass is 10.1. The number of carboxylic acids is 1. The number of aromatic nitrogens is 2. The Balaban J connectivity index is 2.27. The molecular formula is C13H16F3N2O2-. The first-order valence-electron chi connectivity index (χ1n) is 6.75. The van der Waals surface area contributed by atoms with Crippen molar-refractivity contribution in [2.45, 2.75) is 57.7 Å². The fourth-order valence-corrected chi connectivity index (χ4v) is 2.63. The van der Waals surface area contributed by atoms with Crippen molar-refractivity contribution in [1.82, 2.24) is 9.78 Å². The third-order valence-corrected chi connectivity index (χ3v) is 3.53. The van der Waals surface area contributed by atoms with Crippen molar-refractivity contribution < 1.29 is 23.1 Å². The number of rotatable bonds is 4. The second-order valence-corrected chi connectivity index (χ2v) is 5.03. The summed E-state index contributed by atoms with van der Waals surface area (Å²) in [6, 6.07) is 0. The lowest BCUT2D eigenvalue weighted by molar-refractivity contribution is -0.305. The summed E-state index contributed by atoms with van der Waals surface area (Å²) in [5, 5.41) is 14.1. The van der Waals surface area contributed by atoms with Gasteiger partial charge >= 0.3 is 6.18 Å². The average molecular weight is 289 g/mol. The second-order valence-electron chi connectivity index (χ2n) is 5.03. The monoisotopic (exact) mass is 289 g/mol. The van der Waals surface area contributed by atoms with E-state index < -0.39 is 17.8 Å². The minimum atomic E-state index is -4.45. The third-order valence-electron chi connectivity index (χ3n) is 3.53. The summed E-state index contributed by atoms with van der Waals surface area (Å²) in [6.07, 6.45) is -0.936. The smallest absolute Gasteiger partial charge is 0.435 e. The molecule has 1 aliphatic rings. The van der Waals surface area contributed by atoms with Crippen LogP contribution in [0, 0.1) is 0 Å². The van der Waals surface area contributed by atoms with E-state index in [2.05, 4.69) is 5.10 Å². The third kappa shape index (κ3) is 3.32. The van der Waals surface area contributed by atoms with Crippen LogP contribution in [-0.2, 0) is 30.4 Å². The number of nitrogens with zero attached hydrogens (tertiary/aromatic N) is 2. The van der Waals surface area contributed by atoms with Gasteiger partial charge in [-0.25, -0.2) is 0 Å². The predicted octanol–water partition coefficient (Wildman–Crippen LogP) is 1.70. The molecule has 2 rings (SSSR count). The molecule has 1 heterocycles. The first kappa shape index (κ1) is 14.9. The van der Waals surface area contributed by atoms with Crippen molar-refractivity contribution in [3.63, 3.8) is 0 Å². The molecule has 7 heteroatoms. The van der Waals surface area contributed by atoms with Crippen LogP contribution < -0.4 is 5.11 Å². The number of halogens is 3. The highest BCUT2D eigenvalue weighted by Gasteiger charge is 2.39. The van der Waals surface area contributed by atoms with Gasteiger partial charge in [-0.1, -0.05) is 6.42 Å². The number of hydrogen-bond acceptors (Lipinski definition) is 3. The fraction of sp³-hybridized carbons (Fsp3) is 0.692. The molecule has 1 aliphatic carbocycles. The highest BCUT2D eigenvalue weighted by Crippen LogP contribution is 2.35. The molecule has 0 saturated heterocycles. The Hall–Kier alpha value is -1.53. The lowest BCUT2D eigenvalue weighted by Crippen LogP contribution is -2.22. The topological polar surface area (TPSA) is 57.9 Å². The minimum absolute atomic E-state index is 0.171. The molecule has 0 amide bonds. The van der Waals surface area contributed by atoms with Crippen LogP contribution in [0.4, 0.5) is 13.2 Å². The van der Waals surface area contributed by atoms with E-state index in [9.17, 15) is 23.1 Å². The van der Waals surface area contributed by atoms with Crippen LogP contribution in [0.5, 0.6) is 0 Å². The number of carboxylic acid groups (broad SMARTS) is 1. The molecule has 0 fully saturated rings. The van der Waals surface area contributed by atoms with Crippen molar-refractivity contribution in [2.24, 2.45) is 0 Å². The van der Waals surface area contributed by atoms with Crippen LogP contribution in [0.3, 0.4) is 0 Å². The molecule has 0 radical (unpaired) electrons. The van der Waals surface area contributed by atoms with E-state index in [1.165, 1.54) is 4.68 Å². The first-order valence-corrected chi connectivity index (χ1v) is 6.75. The van der Waals surface area contributed by atoms with E-state index in [0.29, 0.717) is 24.1 Å². The number of fused-ring (bicyclic) bond motifs is 1. The van der Waals surface area contributed by atoms with Crippen molar-refractivity contribution in [3.05, 3.63) is 17.0 Å². The van der Waals surface area contributed by atoms with Crippen LogP contribution in [0.15, 0.2) is 0 Å². The Bertz CT molecular complexity index is 495. The molecule has 0 unspecified atom stereocenters. The molecule has 0 spiro atoms. The highest BCUT2D eigenvalue weighted by molar-refractivity contribution is 5.64. The molecular weight excluding hydrogens is 273 g/mol. The Morgan fingerprint density at radius 3 is 2.60 bits per heavy atom. The van der Waals surface area contributed by atoms with Crippen LogP contribution >= 0.6 is 0 Å². The summed E-state index contributed by atoms with van der Waals surface area (Å²) in [5.41, 5.74) is 0.111. The van der Waals surface area contributed by atoms with E-state index in [-0.39, 0.29) is 19.4 Å². The number of aliphatic carboxylic acids is 1. The molecule has 0 N–H and O–H groups in total. The number of carbonyl (C=O) groups is 1. The van der Waals surface area contributed by atoms with E-state index >= 15 is 0 Å². The molecule has 20 heavy (non-hydrogen) atoms. The van der Waals surface area contributed by atoms with E-state index in [0.717, 1.165) is 19.3 Å². The summed E-state index contributed by atoms with van der Waals surface area (Å²) in [4.78, 5) is 10.4. The molecule has 0 bridgehead atoms. The Labute approximate surface area is 114 Å². The van der Waals surface area contributed by atoms with Gasteiger partial charge in [-0.15, -0.1) is 0 Å². The Morgan fingerprint density at radius 1 is 1.25 bits per heavy atom. The maximum absolute atomic E-state index is 13.0. The van der Waals surface area contributed by atoms with Crippen molar-refractivity contribution in [2.75, 3.05) is 0 Å². The Morgan fingerprint density at radius 2 is 1.95 bits per heavy atom. The molecule has 1 aromatic rings. The van der Waals surface area contributed by atoms with Gasteiger partial charge in [0.15, 0.2) is 5.69 Å². The molecule has 0 aliphatic heterocycles. The summed E-state index contributed by atoms with van der Waals surface area (Å²) in [7, 11) is 0. The van der Waals surface area contributed by atoms with Gasteiger partial charge in [0.25, 0.3) is 0 Å². The van der Waals surface area contributed by atoms with Crippen molar-refractivity contribution >= 4 is 5.97 Å². The second kappa shape index (κ2) is 5.85. The predicted molar refractivity (Wildman–Crippen MR) is 62.7 cm³/mol. The number of alkyl halides is 3. The van der Waals surface area contributed by atoms with Gasteiger partial charge < -0.3 is 9.90 Å². The van der Waals surface area contributed by atoms with Gasteiger partial charge in [0.05, 0.1) is 0 Å². The summed E-state index contributed by atoms with van der Waals surface area (Å²) < 4.78 is 40.3. The standard InChI is InChI=1S/C13H17F3N2O2/c14-13(15,16)12-9-5-2-1-3-6-10(9)18(17-12)8-4-7-11(19)20/h1-8H2,(H,19,20)/p-1. The van der Waals surface area contributed by atoms with Gasteiger partial charge in [0.1, 0.15) is 0 Å². The zero-order valence-corrected chi connectivity index (χ0v) is 11.0. The number of hydrogen-bond donors (Lipinski definition) is 0. The molecule has 112 valence electrons. The van der Waals surface area contributed by atoms with Gasteiger partial charge in [-0.2, -0.15) is 18.3 Å².